The first-order chi connectivity index (χ1) is 28.5. The Labute approximate surface area is 358 Å². The van der Waals surface area contributed by atoms with Gasteiger partial charge < -0.3 is 39.9 Å². The molecule has 1 aliphatic carbocycles. The maximum Gasteiger partial charge on any atom is 0.472 e. The molecule has 0 bridgehead atoms. The smallest absolute Gasteiger partial charge is 0.457 e. The molecule has 0 radical (unpaired) electrons. The molecule has 13 heteroatoms. The number of phosphoric acid groups is 1. The number of hydrogen-bond donors (Lipinski definition) is 6. The van der Waals surface area contributed by atoms with E-state index in [9.17, 15) is 39.8 Å². The maximum atomic E-state index is 12.8. The predicted molar refractivity (Wildman–Crippen MR) is 235 cm³/mol. The summed E-state index contributed by atoms with van der Waals surface area (Å²) in [6.07, 6.45) is 29.6. The summed E-state index contributed by atoms with van der Waals surface area (Å²) in [5.74, 6) is -0.483. The number of rotatable bonds is 40. The van der Waals surface area contributed by atoms with Crippen molar-refractivity contribution in [3.63, 3.8) is 0 Å². The van der Waals surface area contributed by atoms with Crippen molar-refractivity contribution < 1.29 is 58.3 Å². The van der Waals surface area contributed by atoms with Crippen LogP contribution in [0.1, 0.15) is 200 Å². The third-order valence-electron chi connectivity index (χ3n) is 11.0. The molecule has 0 amide bonds. The maximum absolute atomic E-state index is 12.8. The van der Waals surface area contributed by atoms with E-state index in [0.29, 0.717) is 13.0 Å². The van der Waals surface area contributed by atoms with Crippen LogP contribution in [0.2, 0.25) is 0 Å². The van der Waals surface area contributed by atoms with Gasteiger partial charge in [-0.25, -0.2) is 4.57 Å². The number of ether oxygens (including phenoxy) is 2. The van der Waals surface area contributed by atoms with Crippen molar-refractivity contribution in [1.82, 2.24) is 0 Å². The summed E-state index contributed by atoms with van der Waals surface area (Å²) in [5, 5.41) is 50.2. The lowest BCUT2D eigenvalue weighted by Gasteiger charge is -2.41. The summed E-state index contributed by atoms with van der Waals surface area (Å²) in [6.45, 7) is 4.24. The van der Waals surface area contributed by atoms with E-state index in [1.165, 1.54) is 116 Å². The summed E-state index contributed by atoms with van der Waals surface area (Å²) in [5.41, 5.74) is 0. The van der Waals surface area contributed by atoms with Gasteiger partial charge in [-0.3, -0.25) is 13.8 Å². The molecule has 0 saturated heterocycles. The topological polar surface area (TPSA) is 192 Å². The molecular formula is C46H87O12P. The van der Waals surface area contributed by atoms with Crippen LogP contribution in [0.4, 0.5) is 0 Å². The molecule has 12 nitrogen and oxygen atoms in total. The molecule has 1 fully saturated rings. The molecule has 0 aromatic rings. The van der Waals surface area contributed by atoms with E-state index in [0.717, 1.165) is 57.8 Å². The van der Waals surface area contributed by atoms with Crippen LogP contribution in [0.3, 0.4) is 0 Å². The monoisotopic (exact) mass is 863 g/mol. The van der Waals surface area contributed by atoms with E-state index in [-0.39, 0.29) is 13.0 Å². The van der Waals surface area contributed by atoms with Gasteiger partial charge in [0.25, 0.3) is 0 Å². The quantitative estimate of drug-likeness (QED) is 0.0148. The van der Waals surface area contributed by atoms with Crippen LogP contribution in [0, 0.1) is 0 Å². The molecule has 6 N–H and O–H groups in total. The van der Waals surface area contributed by atoms with Gasteiger partial charge in [0.2, 0.25) is 0 Å². The largest absolute Gasteiger partial charge is 0.472 e. The highest BCUT2D eigenvalue weighted by Crippen LogP contribution is 2.47. The van der Waals surface area contributed by atoms with Gasteiger partial charge in [-0.15, -0.1) is 0 Å². The van der Waals surface area contributed by atoms with E-state index < -0.39 is 63.1 Å². The van der Waals surface area contributed by atoms with Gasteiger partial charge in [-0.2, -0.15) is 0 Å². The second kappa shape index (κ2) is 37.4. The molecule has 1 aliphatic rings. The Kier molecular flexibility index (Phi) is 35.4. The zero-order valence-electron chi connectivity index (χ0n) is 37.1. The minimum absolute atomic E-state index is 0.0802. The van der Waals surface area contributed by atoms with Crippen LogP contribution in [0.15, 0.2) is 24.3 Å². The molecule has 0 aromatic carbocycles. The van der Waals surface area contributed by atoms with Crippen LogP contribution in [-0.4, -0.2) is 98.9 Å². The van der Waals surface area contributed by atoms with Gasteiger partial charge in [-0.05, 0) is 64.2 Å². The number of carbonyl (C=O) groups excluding carboxylic acids is 1. The highest BCUT2D eigenvalue weighted by molar-refractivity contribution is 7.47. The number of hydrogen-bond acceptors (Lipinski definition) is 11. The van der Waals surface area contributed by atoms with E-state index >= 15 is 0 Å². The fraction of sp³-hybridized carbons (Fsp3) is 0.891. The van der Waals surface area contributed by atoms with E-state index in [4.69, 9.17) is 18.5 Å². The standard InChI is InChI=1S/C46H87O12P/c1-3-5-7-9-11-13-15-17-19-20-21-22-23-25-27-29-31-33-35-40(47)57-39(37-55-36-34-32-30-28-26-24-18-16-14-12-10-8-6-4-2)38-56-59(53,54)58-46-44(51)42(49)41(48)43(50)45(46)52/h14,16,19-20,39,41-46,48-52H,3-13,15,17-18,21-38H2,1-2H3,(H,53,54)/b16-14-,20-19-. The van der Waals surface area contributed by atoms with Crippen molar-refractivity contribution in [2.24, 2.45) is 0 Å². The third kappa shape index (κ3) is 29.7. The third-order valence-corrected chi connectivity index (χ3v) is 12.0. The van der Waals surface area contributed by atoms with Crippen LogP contribution < -0.4 is 0 Å². The predicted octanol–water partition coefficient (Wildman–Crippen LogP) is 9.70. The van der Waals surface area contributed by atoms with Crippen molar-refractivity contribution in [2.75, 3.05) is 19.8 Å². The highest BCUT2D eigenvalue weighted by Gasteiger charge is 2.51. The van der Waals surface area contributed by atoms with Crippen LogP contribution in [0.25, 0.3) is 0 Å². The molecule has 59 heavy (non-hydrogen) atoms. The first-order valence-electron chi connectivity index (χ1n) is 23.7. The van der Waals surface area contributed by atoms with Crippen molar-refractivity contribution in [3.05, 3.63) is 24.3 Å². The Bertz CT molecular complexity index is 1070. The summed E-state index contributed by atoms with van der Waals surface area (Å²) in [4.78, 5) is 23.2. The van der Waals surface area contributed by atoms with Crippen LogP contribution in [-0.2, 0) is 27.9 Å². The van der Waals surface area contributed by atoms with Gasteiger partial charge in [0, 0.05) is 13.0 Å². The molecular weight excluding hydrogens is 775 g/mol. The fourth-order valence-electron chi connectivity index (χ4n) is 7.23. The summed E-state index contributed by atoms with van der Waals surface area (Å²) in [6, 6.07) is 0. The molecule has 0 heterocycles. The molecule has 0 spiro atoms. The normalized spacial score (nSPS) is 22.6. The Balaban J connectivity index is 2.38. The Hall–Kier alpha value is -1.18. The van der Waals surface area contributed by atoms with Crippen molar-refractivity contribution >= 4 is 13.8 Å². The van der Waals surface area contributed by atoms with E-state index in [2.05, 4.69) is 38.2 Å². The van der Waals surface area contributed by atoms with Gasteiger partial charge in [0.05, 0.1) is 13.2 Å². The Morgan fingerprint density at radius 1 is 0.525 bits per heavy atom. The lowest BCUT2D eigenvalue weighted by atomic mass is 9.85. The number of allylic oxidation sites excluding steroid dienone is 4. The first kappa shape index (κ1) is 55.8. The Morgan fingerprint density at radius 2 is 0.898 bits per heavy atom. The van der Waals surface area contributed by atoms with Gasteiger partial charge in [0.15, 0.2) is 0 Å². The molecule has 6 unspecified atom stereocenters. The average molecular weight is 863 g/mol. The zero-order valence-corrected chi connectivity index (χ0v) is 38.0. The van der Waals surface area contributed by atoms with Crippen LogP contribution in [0.5, 0.6) is 0 Å². The number of unbranched alkanes of at least 4 members (excludes halogenated alkanes) is 24. The van der Waals surface area contributed by atoms with E-state index in [1.807, 2.05) is 0 Å². The minimum Gasteiger partial charge on any atom is -0.457 e. The minimum atomic E-state index is -5.02. The van der Waals surface area contributed by atoms with Crippen molar-refractivity contribution in [3.8, 4) is 0 Å². The van der Waals surface area contributed by atoms with Gasteiger partial charge in [0.1, 0.15) is 42.7 Å². The number of esters is 1. The first-order valence-corrected chi connectivity index (χ1v) is 25.2. The average Bonchev–Trinajstić information content (AvgIpc) is 3.22. The number of carbonyl (C=O) groups is 1. The SMILES string of the molecule is CCCCCC/C=C\CCCCCCCCOCC(COP(=O)(O)OC1C(O)C(O)C(O)C(O)C1O)OC(=O)CCCCCCCCC/C=C\CCCCCCCCC. The number of phosphoric ester groups is 1. The van der Waals surface area contributed by atoms with Crippen LogP contribution >= 0.6 is 7.82 Å². The molecule has 0 aliphatic heterocycles. The van der Waals surface area contributed by atoms with E-state index in [1.54, 1.807) is 0 Å². The second-order valence-corrected chi connectivity index (χ2v) is 18.0. The van der Waals surface area contributed by atoms with Gasteiger partial charge in [-0.1, -0.05) is 154 Å². The summed E-state index contributed by atoms with van der Waals surface area (Å²) >= 11 is 0. The lowest BCUT2D eigenvalue weighted by molar-refractivity contribution is -0.220. The fourth-order valence-corrected chi connectivity index (χ4v) is 8.20. The highest BCUT2D eigenvalue weighted by atomic mass is 31.2. The Morgan fingerprint density at radius 3 is 1.36 bits per heavy atom. The van der Waals surface area contributed by atoms with Crippen molar-refractivity contribution in [2.45, 2.75) is 243 Å². The van der Waals surface area contributed by atoms with Crippen molar-refractivity contribution in [1.29, 1.82) is 0 Å². The number of aliphatic hydroxyl groups excluding tert-OH is 5. The lowest BCUT2D eigenvalue weighted by Crippen LogP contribution is -2.64. The second-order valence-electron chi connectivity index (χ2n) is 16.6. The molecule has 348 valence electrons. The summed E-state index contributed by atoms with van der Waals surface area (Å²) in [7, 11) is -5.02. The molecule has 1 saturated carbocycles. The molecule has 6 atom stereocenters. The van der Waals surface area contributed by atoms with Gasteiger partial charge >= 0.3 is 13.8 Å². The zero-order chi connectivity index (χ0) is 43.4. The molecule has 1 rings (SSSR count). The molecule has 0 aromatic heterocycles. The summed E-state index contributed by atoms with van der Waals surface area (Å²) < 4.78 is 34.2. The number of aliphatic hydroxyl groups is 5.